The van der Waals surface area contributed by atoms with Crippen LogP contribution in [0.2, 0.25) is 0 Å². The molecular formula is C22H30N4O2. The summed E-state index contributed by atoms with van der Waals surface area (Å²) in [6.45, 7) is 7.02. The number of aromatic amines is 1. The van der Waals surface area contributed by atoms with E-state index in [-0.39, 0.29) is 17.4 Å². The lowest BCUT2D eigenvalue weighted by atomic mass is 9.92. The van der Waals surface area contributed by atoms with Gasteiger partial charge in [0, 0.05) is 24.6 Å². The minimum Gasteiger partial charge on any atom is -0.370 e. The Balaban J connectivity index is 1.65. The number of rotatable bonds is 7. The van der Waals surface area contributed by atoms with Gasteiger partial charge in [0.25, 0.3) is 5.56 Å². The monoisotopic (exact) mass is 382 g/mol. The molecule has 2 heterocycles. The highest BCUT2D eigenvalue weighted by Crippen LogP contribution is 2.24. The molecule has 1 aliphatic heterocycles. The molecule has 28 heavy (non-hydrogen) atoms. The summed E-state index contributed by atoms with van der Waals surface area (Å²) < 4.78 is 0. The lowest BCUT2D eigenvalue weighted by Gasteiger charge is -2.32. The average Bonchev–Trinajstić information content (AvgIpc) is 2.67. The first-order valence-electron chi connectivity index (χ1n) is 10.1. The Bertz CT molecular complexity index is 867. The van der Waals surface area contributed by atoms with Crippen LogP contribution in [0.15, 0.2) is 35.1 Å². The third-order valence-electron chi connectivity index (χ3n) is 5.47. The molecule has 0 radical (unpaired) electrons. The first-order chi connectivity index (χ1) is 13.4. The van der Waals surface area contributed by atoms with Gasteiger partial charge in [0.05, 0.1) is 5.69 Å². The minimum absolute atomic E-state index is 0.114. The van der Waals surface area contributed by atoms with Crippen LogP contribution in [0, 0.1) is 5.92 Å². The van der Waals surface area contributed by atoms with E-state index in [0.717, 1.165) is 50.2 Å². The van der Waals surface area contributed by atoms with Crippen LogP contribution >= 0.6 is 0 Å². The predicted molar refractivity (Wildman–Crippen MR) is 111 cm³/mol. The molecule has 6 nitrogen and oxygen atoms in total. The maximum atomic E-state index is 12.0. The SMILES string of the molecule is CC(C)c1cc(=O)[nH]c(-c2cccc(CN3CCC(CCC(N)=O)CC3)c2)n1. The van der Waals surface area contributed by atoms with E-state index in [0.29, 0.717) is 18.2 Å². The van der Waals surface area contributed by atoms with Crippen LogP contribution < -0.4 is 11.3 Å². The van der Waals surface area contributed by atoms with Gasteiger partial charge in [0.2, 0.25) is 5.91 Å². The van der Waals surface area contributed by atoms with Crippen LogP contribution in [-0.2, 0) is 11.3 Å². The number of piperidine rings is 1. The van der Waals surface area contributed by atoms with Crippen molar-refractivity contribution >= 4 is 5.91 Å². The lowest BCUT2D eigenvalue weighted by Crippen LogP contribution is -2.33. The Labute approximate surface area is 166 Å². The molecule has 1 saturated heterocycles. The largest absolute Gasteiger partial charge is 0.370 e. The normalized spacial score (nSPS) is 15.8. The molecule has 6 heteroatoms. The molecule has 1 aliphatic rings. The van der Waals surface area contributed by atoms with Crippen molar-refractivity contribution in [2.45, 2.75) is 52.0 Å². The number of amides is 1. The maximum absolute atomic E-state index is 12.0. The van der Waals surface area contributed by atoms with Crippen LogP contribution in [0.1, 0.15) is 56.7 Å². The second kappa shape index (κ2) is 9.15. The van der Waals surface area contributed by atoms with E-state index in [1.54, 1.807) is 6.07 Å². The van der Waals surface area contributed by atoms with Crippen LogP contribution in [0.5, 0.6) is 0 Å². The Morgan fingerprint density at radius 2 is 2.04 bits per heavy atom. The molecule has 1 aromatic heterocycles. The van der Waals surface area contributed by atoms with E-state index >= 15 is 0 Å². The van der Waals surface area contributed by atoms with Crippen molar-refractivity contribution in [2.24, 2.45) is 11.7 Å². The summed E-state index contributed by atoms with van der Waals surface area (Å²) in [5.41, 5.74) is 8.11. The zero-order chi connectivity index (χ0) is 20.1. The van der Waals surface area contributed by atoms with Gasteiger partial charge >= 0.3 is 0 Å². The van der Waals surface area contributed by atoms with Crippen LogP contribution in [0.3, 0.4) is 0 Å². The van der Waals surface area contributed by atoms with Crippen molar-refractivity contribution in [3.05, 3.63) is 51.9 Å². The van der Waals surface area contributed by atoms with Crippen LogP contribution in [0.4, 0.5) is 0 Å². The number of likely N-dealkylation sites (tertiary alicyclic amines) is 1. The van der Waals surface area contributed by atoms with Gasteiger partial charge in [-0.05, 0) is 55.8 Å². The second-order valence-corrected chi connectivity index (χ2v) is 8.10. The van der Waals surface area contributed by atoms with Gasteiger partial charge in [-0.1, -0.05) is 32.0 Å². The number of hydrogen-bond donors (Lipinski definition) is 2. The first kappa shape index (κ1) is 20.3. The number of H-pyrrole nitrogens is 1. The number of hydrogen-bond acceptors (Lipinski definition) is 4. The number of primary amides is 1. The predicted octanol–water partition coefficient (Wildman–Crippen LogP) is 3.04. The third kappa shape index (κ3) is 5.52. The summed E-state index contributed by atoms with van der Waals surface area (Å²) in [5.74, 6) is 1.24. The molecule has 0 spiro atoms. The molecular weight excluding hydrogens is 352 g/mol. The number of nitrogens with one attached hydrogen (secondary N) is 1. The van der Waals surface area contributed by atoms with Crippen molar-refractivity contribution in [2.75, 3.05) is 13.1 Å². The van der Waals surface area contributed by atoms with Crippen molar-refractivity contribution < 1.29 is 4.79 Å². The van der Waals surface area contributed by atoms with Gasteiger partial charge in [-0.3, -0.25) is 14.5 Å². The number of nitrogens with two attached hydrogens (primary N) is 1. The van der Waals surface area contributed by atoms with Crippen molar-refractivity contribution in [1.29, 1.82) is 0 Å². The molecule has 0 atom stereocenters. The smallest absolute Gasteiger partial charge is 0.251 e. The minimum atomic E-state index is -0.201. The number of benzene rings is 1. The van der Waals surface area contributed by atoms with E-state index in [1.807, 2.05) is 26.0 Å². The number of aromatic nitrogens is 2. The van der Waals surface area contributed by atoms with Crippen molar-refractivity contribution in [3.8, 4) is 11.4 Å². The Morgan fingerprint density at radius 1 is 1.29 bits per heavy atom. The van der Waals surface area contributed by atoms with Gasteiger partial charge in [0.1, 0.15) is 5.82 Å². The maximum Gasteiger partial charge on any atom is 0.251 e. The van der Waals surface area contributed by atoms with Crippen molar-refractivity contribution in [3.63, 3.8) is 0 Å². The van der Waals surface area contributed by atoms with Gasteiger partial charge in [-0.2, -0.15) is 0 Å². The molecule has 150 valence electrons. The van der Waals surface area contributed by atoms with E-state index in [2.05, 4.69) is 27.0 Å². The van der Waals surface area contributed by atoms with E-state index in [1.165, 1.54) is 5.56 Å². The quantitative estimate of drug-likeness (QED) is 0.770. The summed E-state index contributed by atoms with van der Waals surface area (Å²) in [4.78, 5) is 32.9. The van der Waals surface area contributed by atoms with Crippen LogP contribution in [-0.4, -0.2) is 33.9 Å². The summed E-state index contributed by atoms with van der Waals surface area (Å²) in [6.07, 6.45) is 3.62. The summed E-state index contributed by atoms with van der Waals surface area (Å²) in [6, 6.07) is 9.81. The number of carbonyl (C=O) groups excluding carboxylic acids is 1. The number of carbonyl (C=O) groups is 1. The first-order valence-corrected chi connectivity index (χ1v) is 10.1. The molecule has 1 amide bonds. The third-order valence-corrected chi connectivity index (χ3v) is 5.47. The highest BCUT2D eigenvalue weighted by atomic mass is 16.1. The zero-order valence-corrected chi connectivity index (χ0v) is 16.8. The zero-order valence-electron chi connectivity index (χ0n) is 16.8. The summed E-state index contributed by atoms with van der Waals surface area (Å²) >= 11 is 0. The molecule has 3 rings (SSSR count). The second-order valence-electron chi connectivity index (χ2n) is 8.10. The molecule has 1 aromatic carbocycles. The number of nitrogens with zero attached hydrogens (tertiary/aromatic N) is 2. The van der Waals surface area contributed by atoms with E-state index in [4.69, 9.17) is 5.73 Å². The molecule has 1 fully saturated rings. The fourth-order valence-corrected chi connectivity index (χ4v) is 3.76. The van der Waals surface area contributed by atoms with Crippen molar-refractivity contribution in [1.82, 2.24) is 14.9 Å². The lowest BCUT2D eigenvalue weighted by molar-refractivity contribution is -0.118. The summed E-state index contributed by atoms with van der Waals surface area (Å²) in [7, 11) is 0. The molecule has 0 saturated carbocycles. The molecule has 0 unspecified atom stereocenters. The standard InChI is InChI=1S/C22H30N4O2/c1-15(2)19-13-21(28)25-22(24-19)18-5-3-4-17(12-18)14-26-10-8-16(9-11-26)6-7-20(23)27/h3-5,12-13,15-16H,6-11,14H2,1-2H3,(H2,23,27)(H,24,25,28). The van der Waals surface area contributed by atoms with E-state index in [9.17, 15) is 9.59 Å². The molecule has 3 N–H and O–H groups in total. The molecule has 0 aliphatic carbocycles. The fourth-order valence-electron chi connectivity index (χ4n) is 3.76. The Morgan fingerprint density at radius 3 is 2.71 bits per heavy atom. The topological polar surface area (TPSA) is 92.1 Å². The molecule has 2 aromatic rings. The van der Waals surface area contributed by atoms with Gasteiger partial charge in [-0.25, -0.2) is 4.98 Å². The van der Waals surface area contributed by atoms with E-state index < -0.39 is 0 Å². The highest BCUT2D eigenvalue weighted by Gasteiger charge is 2.19. The van der Waals surface area contributed by atoms with Gasteiger partial charge < -0.3 is 10.7 Å². The highest BCUT2D eigenvalue weighted by molar-refractivity contribution is 5.73. The van der Waals surface area contributed by atoms with Gasteiger partial charge in [-0.15, -0.1) is 0 Å². The van der Waals surface area contributed by atoms with Gasteiger partial charge in [0.15, 0.2) is 0 Å². The Hall–Kier alpha value is -2.47. The Kier molecular flexibility index (Phi) is 6.62. The molecule has 0 bridgehead atoms. The summed E-state index contributed by atoms with van der Waals surface area (Å²) in [5, 5.41) is 0. The van der Waals surface area contributed by atoms with Crippen LogP contribution in [0.25, 0.3) is 11.4 Å². The average molecular weight is 383 g/mol. The fraction of sp³-hybridized carbons (Fsp3) is 0.500.